The van der Waals surface area contributed by atoms with Gasteiger partial charge in [0.2, 0.25) is 11.7 Å². The molecule has 0 heterocycles. The third kappa shape index (κ3) is 27.9. The average Bonchev–Trinajstić information content (AvgIpc) is 3.39. The molecule has 2 unspecified atom stereocenters. The van der Waals surface area contributed by atoms with Crippen molar-refractivity contribution in [2.45, 2.75) is 171 Å². The molecule has 4 amide bonds. The van der Waals surface area contributed by atoms with Gasteiger partial charge in [0.1, 0.15) is 0 Å². The summed E-state index contributed by atoms with van der Waals surface area (Å²) in [4.78, 5) is 59.7. The summed E-state index contributed by atoms with van der Waals surface area (Å²) in [6, 6.07) is -1.44. The Bertz CT molecular complexity index is 868. The van der Waals surface area contributed by atoms with E-state index in [4.69, 9.17) is 6.42 Å². The fourth-order valence-corrected chi connectivity index (χ4v) is 4.91. The van der Waals surface area contributed by atoms with Crippen molar-refractivity contribution in [1.29, 1.82) is 0 Å². The molecule has 9 nitrogen and oxygen atoms in total. The van der Waals surface area contributed by atoms with Gasteiger partial charge in [0.25, 0.3) is 5.91 Å². The van der Waals surface area contributed by atoms with Crippen molar-refractivity contribution in [2.24, 2.45) is 11.8 Å². The number of ketones is 2. The molecule has 1 rings (SSSR count). The lowest BCUT2D eigenvalue weighted by atomic mass is 9.89. The van der Waals surface area contributed by atoms with E-state index in [1.165, 1.54) is 38.2 Å². The fourth-order valence-electron chi connectivity index (χ4n) is 4.91. The average molecular weight is 679 g/mol. The van der Waals surface area contributed by atoms with Gasteiger partial charge in [-0.25, -0.2) is 4.79 Å². The van der Waals surface area contributed by atoms with Crippen LogP contribution in [0.5, 0.6) is 0 Å². The number of rotatable bonds is 17. The molecule has 48 heavy (non-hydrogen) atoms. The summed E-state index contributed by atoms with van der Waals surface area (Å²) >= 11 is 0. The number of terminal acetylenes is 1. The van der Waals surface area contributed by atoms with Gasteiger partial charge in [0.15, 0.2) is 5.78 Å². The summed E-state index contributed by atoms with van der Waals surface area (Å²) in [5.74, 6) is 1.17. The van der Waals surface area contributed by atoms with Gasteiger partial charge < -0.3 is 21.3 Å². The highest BCUT2D eigenvalue weighted by molar-refractivity contribution is 6.38. The van der Waals surface area contributed by atoms with Gasteiger partial charge >= 0.3 is 6.03 Å². The number of hydrogen-bond acceptors (Lipinski definition) is 5. The minimum Gasteiger partial charge on any atom is -0.346 e. The van der Waals surface area contributed by atoms with Crippen molar-refractivity contribution in [1.82, 2.24) is 21.3 Å². The van der Waals surface area contributed by atoms with Crippen LogP contribution in [0.25, 0.3) is 0 Å². The Labute approximate surface area is 295 Å². The molecule has 1 fully saturated rings. The van der Waals surface area contributed by atoms with Crippen molar-refractivity contribution in [3.05, 3.63) is 12.7 Å². The highest BCUT2D eigenvalue weighted by atomic mass is 16.2. The second-order valence-electron chi connectivity index (χ2n) is 11.4. The number of unbranched alkanes of at least 4 members (excludes halogenated alkanes) is 2. The number of nitrogens with one attached hydrogen (secondary N) is 4. The lowest BCUT2D eigenvalue weighted by Gasteiger charge is -2.24. The van der Waals surface area contributed by atoms with Crippen LogP contribution in [0.15, 0.2) is 12.7 Å². The van der Waals surface area contributed by atoms with Crippen LogP contribution >= 0.6 is 0 Å². The standard InChI is InChI=1S/C20H32N2O3.C12H22N2O2.C3H8.2C2H6/c1-5-9-12-16(13-10-6-2)19(24)22-17(14-11-7-3)18(23)20(25)21-15-8-4;1-9(15)11(14-12(16)13-2)10-7-5-3-4-6-8-10;1-3-2;2*1-2/h3,8,16-17H,4-6,9-15H2,1-2H3,(H,21,25)(H,22,24);10-11H,3-8H2,1-2H3,(H2,13,14,16);3H2,1-2H3;2*1-2H3. The van der Waals surface area contributed by atoms with Crippen molar-refractivity contribution >= 4 is 29.4 Å². The van der Waals surface area contributed by atoms with E-state index in [1.807, 2.05) is 27.7 Å². The maximum absolute atomic E-state index is 12.6. The van der Waals surface area contributed by atoms with E-state index in [9.17, 15) is 24.0 Å². The van der Waals surface area contributed by atoms with Crippen molar-refractivity contribution in [3.8, 4) is 12.3 Å². The Morgan fingerprint density at radius 1 is 0.854 bits per heavy atom. The normalized spacial score (nSPS) is 13.1. The largest absolute Gasteiger partial charge is 0.346 e. The Morgan fingerprint density at radius 3 is 1.75 bits per heavy atom. The lowest BCUT2D eigenvalue weighted by Crippen LogP contribution is -2.49. The molecule has 2 atom stereocenters. The highest BCUT2D eigenvalue weighted by Gasteiger charge is 2.29. The first-order chi connectivity index (χ1) is 23.1. The number of hydrogen-bond donors (Lipinski definition) is 4. The molecule has 9 heteroatoms. The lowest BCUT2D eigenvalue weighted by molar-refractivity contribution is -0.140. The van der Waals surface area contributed by atoms with Crippen molar-refractivity contribution in [2.75, 3.05) is 13.6 Å². The summed E-state index contributed by atoms with van der Waals surface area (Å²) in [5.41, 5.74) is 0. The zero-order valence-electron chi connectivity index (χ0n) is 32.5. The molecule has 0 aromatic heterocycles. The van der Waals surface area contributed by atoms with E-state index in [0.717, 1.165) is 51.4 Å². The molecule has 0 radical (unpaired) electrons. The molecule has 4 N–H and O–H groups in total. The predicted octanol–water partition coefficient (Wildman–Crippen LogP) is 8.06. The maximum atomic E-state index is 12.6. The van der Waals surface area contributed by atoms with E-state index < -0.39 is 17.7 Å². The predicted molar refractivity (Wildman–Crippen MR) is 203 cm³/mol. The van der Waals surface area contributed by atoms with E-state index in [2.05, 4.69) is 61.5 Å². The SMILES string of the molecule is C#CCCC(NC(=O)C(CCCC)CCCC)C(=O)C(=O)NCC=C.CC.CC.CCC.CNC(=O)NC(C(C)=O)C1CCCCCC1. The molecule has 0 spiro atoms. The van der Waals surface area contributed by atoms with Gasteiger partial charge in [-0.15, -0.1) is 18.9 Å². The number of carbonyl (C=O) groups excluding carboxylic acids is 5. The van der Waals surface area contributed by atoms with Crippen molar-refractivity contribution < 1.29 is 24.0 Å². The number of amides is 4. The maximum Gasteiger partial charge on any atom is 0.315 e. The van der Waals surface area contributed by atoms with E-state index in [0.29, 0.717) is 12.3 Å². The molecule has 1 aliphatic rings. The van der Waals surface area contributed by atoms with Gasteiger partial charge in [-0.1, -0.05) is 119 Å². The molecular weight excluding hydrogens is 604 g/mol. The summed E-state index contributed by atoms with van der Waals surface area (Å²) in [5, 5.41) is 10.5. The fraction of sp³-hybridized carbons (Fsp3) is 0.769. The molecule has 280 valence electrons. The second-order valence-corrected chi connectivity index (χ2v) is 11.4. The number of urea groups is 1. The summed E-state index contributed by atoms with van der Waals surface area (Å²) < 4.78 is 0. The van der Waals surface area contributed by atoms with Crippen LogP contribution in [0, 0.1) is 24.2 Å². The van der Waals surface area contributed by atoms with Gasteiger partial charge in [0.05, 0.1) is 12.1 Å². The van der Waals surface area contributed by atoms with Crippen molar-refractivity contribution in [3.63, 3.8) is 0 Å². The summed E-state index contributed by atoms with van der Waals surface area (Å²) in [6.07, 6.45) is 21.1. The zero-order valence-corrected chi connectivity index (χ0v) is 32.5. The molecule has 0 aromatic rings. The third-order valence-corrected chi connectivity index (χ3v) is 7.35. The molecule has 0 aromatic carbocycles. The second kappa shape index (κ2) is 38.3. The van der Waals surface area contributed by atoms with Crippen LogP contribution in [-0.4, -0.2) is 55.1 Å². The molecule has 0 bridgehead atoms. The topological polar surface area (TPSA) is 133 Å². The van der Waals surface area contributed by atoms with E-state index >= 15 is 0 Å². The number of Topliss-reactive ketones (excluding diaryl/α,β-unsaturated/α-hetero) is 2. The first-order valence-electron chi connectivity index (χ1n) is 18.7. The first kappa shape index (κ1) is 51.7. The molecule has 0 aliphatic heterocycles. The van der Waals surface area contributed by atoms with Crippen LogP contribution in [-0.2, 0) is 19.2 Å². The van der Waals surface area contributed by atoms with E-state index in [-0.39, 0.29) is 42.6 Å². The summed E-state index contributed by atoms with van der Waals surface area (Å²) in [6.45, 7) is 21.7. The molecular formula is C39H74N4O5. The van der Waals surface area contributed by atoms with Crippen LogP contribution in [0.3, 0.4) is 0 Å². The van der Waals surface area contributed by atoms with Gasteiger partial charge in [-0.2, -0.15) is 0 Å². The van der Waals surface area contributed by atoms with Crippen LogP contribution in [0.1, 0.15) is 159 Å². The third-order valence-electron chi connectivity index (χ3n) is 7.35. The monoisotopic (exact) mass is 679 g/mol. The van der Waals surface area contributed by atoms with Crippen LogP contribution in [0.4, 0.5) is 4.79 Å². The van der Waals surface area contributed by atoms with Gasteiger partial charge in [0, 0.05) is 25.9 Å². The van der Waals surface area contributed by atoms with Crippen LogP contribution < -0.4 is 21.3 Å². The minimum atomic E-state index is -0.876. The van der Waals surface area contributed by atoms with E-state index in [1.54, 1.807) is 14.0 Å². The Kier molecular flexibility index (Phi) is 41.2. The minimum absolute atomic E-state index is 0.0653. The molecule has 0 saturated heterocycles. The summed E-state index contributed by atoms with van der Waals surface area (Å²) in [7, 11) is 1.57. The van der Waals surface area contributed by atoms with Gasteiger partial charge in [-0.3, -0.25) is 19.2 Å². The first-order valence-corrected chi connectivity index (χ1v) is 18.7. The quantitative estimate of drug-likeness (QED) is 0.0535. The van der Waals surface area contributed by atoms with Gasteiger partial charge in [-0.05, 0) is 44.9 Å². The Morgan fingerprint density at radius 2 is 1.35 bits per heavy atom. The number of carbonyl (C=O) groups is 5. The smallest absolute Gasteiger partial charge is 0.315 e. The molecule has 1 saturated carbocycles. The highest BCUT2D eigenvalue weighted by Crippen LogP contribution is 2.26. The Balaban J connectivity index is -0.000000359. The Hall–Kier alpha value is -3.15. The molecule has 1 aliphatic carbocycles. The zero-order chi connectivity index (χ0) is 37.8. The van der Waals surface area contributed by atoms with Crippen LogP contribution in [0.2, 0.25) is 0 Å².